The molecular formula is C29H26ClN5O4. The van der Waals surface area contributed by atoms with Crippen molar-refractivity contribution in [3.8, 4) is 11.5 Å². The highest BCUT2D eigenvalue weighted by Crippen LogP contribution is 2.40. The molecule has 0 saturated carbocycles. The first-order chi connectivity index (χ1) is 18.9. The van der Waals surface area contributed by atoms with Crippen LogP contribution >= 0.6 is 11.6 Å². The van der Waals surface area contributed by atoms with Crippen molar-refractivity contribution in [3.63, 3.8) is 0 Å². The van der Waals surface area contributed by atoms with Crippen LogP contribution in [0.25, 0.3) is 0 Å². The van der Waals surface area contributed by atoms with Crippen LogP contribution in [0, 0.1) is 0 Å². The smallest absolute Gasteiger partial charge is 0.261 e. The van der Waals surface area contributed by atoms with E-state index in [-0.39, 0.29) is 11.8 Å². The van der Waals surface area contributed by atoms with Crippen LogP contribution in [0.1, 0.15) is 28.9 Å². The molecule has 1 atom stereocenters. The molecule has 1 aliphatic heterocycles. The Hall–Kier alpha value is -4.76. The van der Waals surface area contributed by atoms with Crippen LogP contribution in [0.4, 0.5) is 17.2 Å². The van der Waals surface area contributed by atoms with E-state index in [0.717, 1.165) is 0 Å². The first-order valence-corrected chi connectivity index (χ1v) is 12.5. The zero-order valence-electron chi connectivity index (χ0n) is 21.5. The summed E-state index contributed by atoms with van der Waals surface area (Å²) < 4.78 is 12.6. The molecule has 0 spiro atoms. The molecule has 1 aliphatic rings. The van der Waals surface area contributed by atoms with Gasteiger partial charge in [-0.05, 0) is 61.0 Å². The third kappa shape index (κ3) is 5.17. The second-order valence-corrected chi connectivity index (χ2v) is 9.25. The monoisotopic (exact) mass is 543 g/mol. The summed E-state index contributed by atoms with van der Waals surface area (Å²) in [6, 6.07) is 20.7. The van der Waals surface area contributed by atoms with Crippen molar-refractivity contribution in [3.05, 3.63) is 106 Å². The molecule has 9 nitrogen and oxygen atoms in total. The first-order valence-electron chi connectivity index (χ1n) is 12.1. The van der Waals surface area contributed by atoms with Crippen LogP contribution < -0.4 is 25.4 Å². The number of nitrogens with zero attached hydrogens (tertiary/aromatic N) is 2. The Kier molecular flexibility index (Phi) is 7.25. The molecule has 10 heteroatoms. The van der Waals surface area contributed by atoms with Gasteiger partial charge in [-0.3, -0.25) is 9.59 Å². The highest BCUT2D eigenvalue weighted by Gasteiger charge is 2.36. The second kappa shape index (κ2) is 10.9. The van der Waals surface area contributed by atoms with Gasteiger partial charge in [0.25, 0.3) is 11.8 Å². The van der Waals surface area contributed by atoms with E-state index in [1.807, 2.05) is 24.3 Å². The lowest BCUT2D eigenvalue weighted by molar-refractivity contribution is -0.113. The number of methoxy groups -OCH3 is 2. The molecule has 198 valence electrons. The van der Waals surface area contributed by atoms with Crippen LogP contribution in [0.3, 0.4) is 0 Å². The van der Waals surface area contributed by atoms with E-state index in [4.69, 9.17) is 21.1 Å². The van der Waals surface area contributed by atoms with E-state index >= 15 is 0 Å². The number of ether oxygens (including phenoxy) is 2. The molecular weight excluding hydrogens is 518 g/mol. The van der Waals surface area contributed by atoms with Crippen LogP contribution in [0.5, 0.6) is 11.5 Å². The van der Waals surface area contributed by atoms with Gasteiger partial charge < -0.3 is 25.4 Å². The standard InChI is InChI=1S/C29H26ClN5O4/c1-17-25(29(37)34-21-12-10-19(30)11-13-21)26(18-9-14-23(38-2)24(15-18)39-3)35-27(32-17)22(16-31-35)28(36)33-20-7-5-4-6-8-20/h4-16,26,32H,1-3H3,(H,33,36)(H,34,37)/t26-/m0/s1. The molecule has 39 heavy (non-hydrogen) atoms. The third-order valence-corrected chi connectivity index (χ3v) is 6.62. The fourth-order valence-corrected chi connectivity index (χ4v) is 4.62. The number of carbonyl (C=O) groups excluding carboxylic acids is 2. The zero-order chi connectivity index (χ0) is 27.5. The van der Waals surface area contributed by atoms with E-state index < -0.39 is 6.04 Å². The SMILES string of the molecule is COc1ccc([C@H]2C(C(=O)Nc3ccc(Cl)cc3)=C(C)Nc3c(C(=O)Nc4ccccc4)cnn32)cc1OC. The average molecular weight is 544 g/mol. The van der Waals surface area contributed by atoms with Gasteiger partial charge in [0.2, 0.25) is 0 Å². The number of hydrogen-bond donors (Lipinski definition) is 3. The molecule has 0 fully saturated rings. The van der Waals surface area contributed by atoms with Crippen LogP contribution in [0.15, 0.2) is 90.3 Å². The molecule has 2 amide bonds. The van der Waals surface area contributed by atoms with Gasteiger partial charge in [-0.25, -0.2) is 4.68 Å². The van der Waals surface area contributed by atoms with Crippen LogP contribution in [-0.4, -0.2) is 35.8 Å². The number of hydrogen-bond acceptors (Lipinski definition) is 6. The number of para-hydroxylation sites is 1. The van der Waals surface area contributed by atoms with E-state index in [1.165, 1.54) is 6.20 Å². The summed E-state index contributed by atoms with van der Waals surface area (Å²) in [6.45, 7) is 1.79. The Balaban J connectivity index is 1.58. The maximum Gasteiger partial charge on any atom is 0.261 e. The summed E-state index contributed by atoms with van der Waals surface area (Å²) in [5.74, 6) is 0.844. The lowest BCUT2D eigenvalue weighted by Crippen LogP contribution is -2.32. The number of nitrogens with one attached hydrogen (secondary N) is 3. The van der Waals surface area contributed by atoms with Gasteiger partial charge in [0.1, 0.15) is 17.4 Å². The largest absolute Gasteiger partial charge is 0.493 e. The molecule has 0 bridgehead atoms. The number of fused-ring (bicyclic) bond motifs is 1. The summed E-state index contributed by atoms with van der Waals surface area (Å²) in [4.78, 5) is 26.9. The number of aromatic nitrogens is 2. The van der Waals surface area contributed by atoms with Crippen molar-refractivity contribution in [1.82, 2.24) is 9.78 Å². The summed E-state index contributed by atoms with van der Waals surface area (Å²) in [5.41, 5.74) is 3.29. The van der Waals surface area contributed by atoms with E-state index in [9.17, 15) is 9.59 Å². The van der Waals surface area contributed by atoms with Crippen molar-refractivity contribution in [2.75, 3.05) is 30.2 Å². The Bertz CT molecular complexity index is 1560. The Labute approximate surface area is 230 Å². The van der Waals surface area contributed by atoms with Crippen LogP contribution in [0.2, 0.25) is 5.02 Å². The van der Waals surface area contributed by atoms with Crippen molar-refractivity contribution >= 4 is 40.6 Å². The zero-order valence-corrected chi connectivity index (χ0v) is 22.2. The van der Waals surface area contributed by atoms with Gasteiger partial charge in [0, 0.05) is 22.1 Å². The van der Waals surface area contributed by atoms with Gasteiger partial charge in [0.05, 0.1) is 26.0 Å². The first kappa shape index (κ1) is 25.9. The Morgan fingerprint density at radius 3 is 2.26 bits per heavy atom. The molecule has 4 aromatic rings. The number of amides is 2. The molecule has 0 saturated heterocycles. The third-order valence-electron chi connectivity index (χ3n) is 6.37. The van der Waals surface area contributed by atoms with Gasteiger partial charge in [0.15, 0.2) is 11.5 Å². The lowest BCUT2D eigenvalue weighted by atomic mass is 9.94. The summed E-state index contributed by atoms with van der Waals surface area (Å²) >= 11 is 6.01. The number of allylic oxidation sites excluding steroid dienone is 1. The van der Waals surface area contributed by atoms with E-state index in [2.05, 4.69) is 21.0 Å². The molecule has 5 rings (SSSR count). The fourth-order valence-electron chi connectivity index (χ4n) is 4.50. The number of carbonyl (C=O) groups is 2. The fraction of sp³-hybridized carbons (Fsp3) is 0.138. The Morgan fingerprint density at radius 2 is 1.56 bits per heavy atom. The predicted molar refractivity (Wildman–Crippen MR) is 151 cm³/mol. The minimum atomic E-state index is -0.674. The van der Waals surface area contributed by atoms with E-state index in [0.29, 0.717) is 56.1 Å². The highest BCUT2D eigenvalue weighted by molar-refractivity contribution is 6.30. The second-order valence-electron chi connectivity index (χ2n) is 8.81. The highest BCUT2D eigenvalue weighted by atomic mass is 35.5. The summed E-state index contributed by atoms with van der Waals surface area (Å²) in [6.07, 6.45) is 1.49. The van der Waals surface area contributed by atoms with Crippen molar-refractivity contribution in [1.29, 1.82) is 0 Å². The quantitative estimate of drug-likeness (QED) is 0.275. The number of anilines is 3. The van der Waals surface area contributed by atoms with Gasteiger partial charge in [-0.2, -0.15) is 5.10 Å². The Morgan fingerprint density at radius 1 is 0.897 bits per heavy atom. The van der Waals surface area contributed by atoms with Gasteiger partial charge >= 0.3 is 0 Å². The average Bonchev–Trinajstić information content (AvgIpc) is 3.37. The number of benzene rings is 3. The maximum atomic E-state index is 13.7. The molecule has 0 unspecified atom stereocenters. The van der Waals surface area contributed by atoms with Gasteiger partial charge in [-0.1, -0.05) is 35.9 Å². The summed E-state index contributed by atoms with van der Waals surface area (Å²) in [5, 5.41) is 14.2. The topological polar surface area (TPSA) is 107 Å². The molecule has 3 aromatic carbocycles. The van der Waals surface area contributed by atoms with Crippen molar-refractivity contribution in [2.45, 2.75) is 13.0 Å². The van der Waals surface area contributed by atoms with Crippen molar-refractivity contribution in [2.24, 2.45) is 0 Å². The van der Waals surface area contributed by atoms with Crippen molar-refractivity contribution < 1.29 is 19.1 Å². The van der Waals surface area contributed by atoms with E-state index in [1.54, 1.807) is 74.4 Å². The van der Waals surface area contributed by atoms with Crippen LogP contribution in [-0.2, 0) is 4.79 Å². The minimum Gasteiger partial charge on any atom is -0.493 e. The molecule has 0 aliphatic carbocycles. The minimum absolute atomic E-state index is 0.331. The molecule has 0 radical (unpaired) electrons. The molecule has 2 heterocycles. The molecule has 1 aromatic heterocycles. The summed E-state index contributed by atoms with van der Waals surface area (Å²) in [7, 11) is 3.10. The molecule has 3 N–H and O–H groups in total. The maximum absolute atomic E-state index is 13.7. The number of halogens is 1. The lowest BCUT2D eigenvalue weighted by Gasteiger charge is -2.30. The number of rotatable bonds is 7. The predicted octanol–water partition coefficient (Wildman–Crippen LogP) is 5.73. The normalized spacial score (nSPS) is 14.2. The van der Waals surface area contributed by atoms with Gasteiger partial charge in [-0.15, -0.1) is 0 Å².